The number of carbonyl (C=O) groups excluding carboxylic acids is 2. The maximum absolute atomic E-state index is 12.6. The molecule has 1 fully saturated rings. The number of nitrogens with zero attached hydrogens (tertiary/aromatic N) is 4. The van der Waals surface area contributed by atoms with Crippen LogP contribution in [0.3, 0.4) is 0 Å². The van der Waals surface area contributed by atoms with E-state index in [1.54, 1.807) is 6.07 Å². The van der Waals surface area contributed by atoms with E-state index in [-0.39, 0.29) is 17.4 Å². The molecule has 2 aromatic rings. The average molecular weight is 408 g/mol. The van der Waals surface area contributed by atoms with Crippen molar-refractivity contribution < 1.29 is 9.59 Å². The zero-order chi connectivity index (χ0) is 20.9. The van der Waals surface area contributed by atoms with E-state index in [0.717, 1.165) is 22.7 Å². The van der Waals surface area contributed by atoms with E-state index in [9.17, 15) is 14.4 Å². The third kappa shape index (κ3) is 4.56. The normalized spacial score (nSPS) is 16.8. The van der Waals surface area contributed by atoms with Crippen molar-refractivity contribution in [2.45, 2.75) is 25.7 Å². The van der Waals surface area contributed by atoms with Crippen LogP contribution in [0.2, 0.25) is 0 Å². The molecule has 2 aliphatic heterocycles. The van der Waals surface area contributed by atoms with Crippen LogP contribution in [0, 0.1) is 0 Å². The van der Waals surface area contributed by atoms with Crippen LogP contribution in [-0.4, -0.2) is 58.8 Å². The molecule has 9 nitrogen and oxygen atoms in total. The quantitative estimate of drug-likeness (QED) is 0.771. The van der Waals surface area contributed by atoms with Crippen molar-refractivity contribution in [3.05, 3.63) is 46.8 Å². The van der Waals surface area contributed by atoms with Crippen molar-refractivity contribution in [1.29, 1.82) is 0 Å². The second-order valence-corrected chi connectivity index (χ2v) is 7.41. The Bertz CT molecular complexity index is 1010. The highest BCUT2D eigenvalue weighted by molar-refractivity contribution is 5.94. The molecule has 2 N–H and O–H groups in total. The summed E-state index contributed by atoms with van der Waals surface area (Å²) in [5.41, 5.74) is 5.53. The Morgan fingerprint density at radius 2 is 1.80 bits per heavy atom. The molecule has 9 heteroatoms. The van der Waals surface area contributed by atoms with Crippen molar-refractivity contribution >= 4 is 23.2 Å². The minimum Gasteiger partial charge on any atom is -0.366 e. The summed E-state index contributed by atoms with van der Waals surface area (Å²) in [5.74, 6) is 0.00637. The Morgan fingerprint density at radius 3 is 2.50 bits per heavy atom. The Kier molecular flexibility index (Phi) is 5.87. The SMILES string of the molecule is O=C1CCC(CCC(=O)N2CCN(c3cc(=O)[nH]nc3-c3ccccc3)CC2)=NN1. The van der Waals surface area contributed by atoms with Crippen molar-refractivity contribution in [3.63, 3.8) is 0 Å². The van der Waals surface area contributed by atoms with Gasteiger partial charge in [0.15, 0.2) is 0 Å². The molecule has 0 atom stereocenters. The third-order valence-electron chi connectivity index (χ3n) is 5.42. The van der Waals surface area contributed by atoms with Crippen LogP contribution in [0.1, 0.15) is 25.7 Å². The van der Waals surface area contributed by atoms with Gasteiger partial charge in [-0.25, -0.2) is 10.5 Å². The van der Waals surface area contributed by atoms with E-state index in [1.807, 2.05) is 35.2 Å². The maximum atomic E-state index is 12.6. The van der Waals surface area contributed by atoms with Gasteiger partial charge in [0.2, 0.25) is 11.8 Å². The van der Waals surface area contributed by atoms with Gasteiger partial charge in [-0.2, -0.15) is 10.2 Å². The molecule has 156 valence electrons. The van der Waals surface area contributed by atoms with E-state index in [2.05, 4.69) is 25.6 Å². The molecule has 0 spiro atoms. The molecule has 2 aliphatic rings. The average Bonchev–Trinajstić information content (AvgIpc) is 2.79. The van der Waals surface area contributed by atoms with Crippen molar-refractivity contribution in [2.75, 3.05) is 31.1 Å². The highest BCUT2D eigenvalue weighted by Crippen LogP contribution is 2.27. The number of benzene rings is 1. The topological polar surface area (TPSA) is 111 Å². The standard InChI is InChI=1S/C21H24N6O3/c28-18-8-6-16(22-23-18)7-9-20(30)27-12-10-26(11-13-27)17-14-19(29)24-25-21(17)15-4-2-1-3-5-15/h1-5,14H,6-13H2,(H,23,28)(H,24,29). The maximum Gasteiger partial charge on any atom is 0.266 e. The summed E-state index contributed by atoms with van der Waals surface area (Å²) < 4.78 is 0. The smallest absolute Gasteiger partial charge is 0.266 e. The van der Waals surface area contributed by atoms with Gasteiger partial charge in [-0.3, -0.25) is 14.4 Å². The van der Waals surface area contributed by atoms with Gasteiger partial charge >= 0.3 is 0 Å². The van der Waals surface area contributed by atoms with Gasteiger partial charge in [0.1, 0.15) is 5.69 Å². The number of hydrazone groups is 1. The van der Waals surface area contributed by atoms with Gasteiger partial charge in [-0.05, 0) is 12.8 Å². The number of hydrogen-bond donors (Lipinski definition) is 2. The number of anilines is 1. The number of aromatic amines is 1. The van der Waals surface area contributed by atoms with E-state index < -0.39 is 0 Å². The molecule has 4 rings (SSSR count). The molecule has 1 saturated heterocycles. The number of piperazine rings is 1. The number of aromatic nitrogens is 2. The summed E-state index contributed by atoms with van der Waals surface area (Å²) in [4.78, 5) is 39.6. The van der Waals surface area contributed by atoms with Crippen LogP contribution in [0.25, 0.3) is 11.3 Å². The molecule has 0 radical (unpaired) electrons. The molecular formula is C21H24N6O3. The molecule has 2 amide bonds. The molecule has 0 unspecified atom stereocenters. The fraction of sp³-hybridized carbons (Fsp3) is 0.381. The number of H-pyrrole nitrogens is 1. The minimum atomic E-state index is -0.247. The molecule has 1 aromatic heterocycles. The first-order valence-corrected chi connectivity index (χ1v) is 10.1. The molecule has 30 heavy (non-hydrogen) atoms. The summed E-state index contributed by atoms with van der Waals surface area (Å²) in [7, 11) is 0. The summed E-state index contributed by atoms with van der Waals surface area (Å²) in [6, 6.07) is 11.3. The number of carbonyl (C=O) groups is 2. The first-order valence-electron chi connectivity index (χ1n) is 10.1. The lowest BCUT2D eigenvalue weighted by atomic mass is 10.1. The highest BCUT2D eigenvalue weighted by atomic mass is 16.2. The zero-order valence-electron chi connectivity index (χ0n) is 16.6. The monoisotopic (exact) mass is 408 g/mol. The zero-order valence-corrected chi connectivity index (χ0v) is 16.6. The van der Waals surface area contributed by atoms with Crippen molar-refractivity contribution in [3.8, 4) is 11.3 Å². The molecule has 3 heterocycles. The van der Waals surface area contributed by atoms with Crippen LogP contribution >= 0.6 is 0 Å². The molecule has 0 aliphatic carbocycles. The lowest BCUT2D eigenvalue weighted by molar-refractivity contribution is -0.131. The van der Waals surface area contributed by atoms with Crippen LogP contribution in [0.4, 0.5) is 5.69 Å². The third-order valence-corrected chi connectivity index (χ3v) is 5.42. The fourth-order valence-electron chi connectivity index (χ4n) is 3.74. The first-order chi connectivity index (χ1) is 14.6. The Morgan fingerprint density at radius 1 is 1.03 bits per heavy atom. The Hall–Kier alpha value is -3.49. The molecule has 0 bridgehead atoms. The largest absolute Gasteiger partial charge is 0.366 e. The van der Waals surface area contributed by atoms with Crippen molar-refractivity contribution in [2.24, 2.45) is 5.10 Å². The van der Waals surface area contributed by atoms with Crippen LogP contribution < -0.4 is 15.9 Å². The highest BCUT2D eigenvalue weighted by Gasteiger charge is 2.24. The Labute approximate surface area is 173 Å². The lowest BCUT2D eigenvalue weighted by Gasteiger charge is -2.36. The number of hydrogen-bond acceptors (Lipinski definition) is 6. The van der Waals surface area contributed by atoms with Gasteiger partial charge in [0.05, 0.1) is 5.69 Å². The summed E-state index contributed by atoms with van der Waals surface area (Å²) in [6.45, 7) is 2.44. The minimum absolute atomic E-state index is 0.0784. The van der Waals surface area contributed by atoms with Crippen LogP contribution in [-0.2, 0) is 9.59 Å². The summed E-state index contributed by atoms with van der Waals surface area (Å²) in [5, 5.41) is 10.8. The van der Waals surface area contributed by atoms with Gasteiger partial charge in [-0.1, -0.05) is 30.3 Å². The molecular weight excluding hydrogens is 384 g/mol. The number of nitrogens with one attached hydrogen (secondary N) is 2. The van der Waals surface area contributed by atoms with Gasteiger partial charge in [0, 0.05) is 56.4 Å². The molecule has 1 aromatic carbocycles. The van der Waals surface area contributed by atoms with Gasteiger partial charge < -0.3 is 9.80 Å². The van der Waals surface area contributed by atoms with Crippen LogP contribution in [0.5, 0.6) is 0 Å². The summed E-state index contributed by atoms with van der Waals surface area (Å²) >= 11 is 0. The van der Waals surface area contributed by atoms with E-state index in [4.69, 9.17) is 0 Å². The second kappa shape index (κ2) is 8.89. The summed E-state index contributed by atoms with van der Waals surface area (Å²) in [6.07, 6.45) is 2.00. The number of rotatable bonds is 5. The first kappa shape index (κ1) is 19.8. The van der Waals surface area contributed by atoms with Gasteiger partial charge in [-0.15, -0.1) is 0 Å². The molecule has 0 saturated carbocycles. The van der Waals surface area contributed by atoms with E-state index in [0.29, 0.717) is 51.9 Å². The predicted molar refractivity (Wildman–Crippen MR) is 113 cm³/mol. The van der Waals surface area contributed by atoms with Gasteiger partial charge in [0.25, 0.3) is 5.56 Å². The fourth-order valence-corrected chi connectivity index (χ4v) is 3.74. The number of amides is 2. The van der Waals surface area contributed by atoms with E-state index in [1.165, 1.54) is 0 Å². The van der Waals surface area contributed by atoms with Crippen molar-refractivity contribution in [1.82, 2.24) is 20.5 Å². The predicted octanol–water partition coefficient (Wildman–Crippen LogP) is 1.13. The van der Waals surface area contributed by atoms with Crippen LogP contribution in [0.15, 0.2) is 46.3 Å². The second-order valence-electron chi connectivity index (χ2n) is 7.41. The Balaban J connectivity index is 1.38. The van der Waals surface area contributed by atoms with E-state index >= 15 is 0 Å². The lowest BCUT2D eigenvalue weighted by Crippen LogP contribution is -2.49.